The molecule has 1 N–H and O–H groups in total. The number of carboxylic acid groups (broad SMARTS) is 1. The van der Waals surface area contributed by atoms with Crippen molar-refractivity contribution >= 4 is 29.2 Å². The van der Waals surface area contributed by atoms with Crippen LogP contribution in [0.4, 0.5) is 5.69 Å². The summed E-state index contributed by atoms with van der Waals surface area (Å²) < 4.78 is 0. The number of anilines is 1. The molecule has 0 aliphatic carbocycles. The van der Waals surface area contributed by atoms with E-state index in [9.17, 15) is 9.59 Å². The van der Waals surface area contributed by atoms with Gasteiger partial charge in [-0.3, -0.25) is 4.79 Å². The van der Waals surface area contributed by atoms with Crippen molar-refractivity contribution in [3.8, 4) is 0 Å². The fraction of sp³-hybridized carbons (Fsp3) is 0.231. The molecule has 2 rings (SSSR count). The second-order valence-corrected chi connectivity index (χ2v) is 4.61. The topological polar surface area (TPSA) is 57.6 Å². The van der Waals surface area contributed by atoms with Gasteiger partial charge in [-0.05, 0) is 18.2 Å². The predicted molar refractivity (Wildman–Crippen MR) is 69.1 cm³/mol. The van der Waals surface area contributed by atoms with Crippen molar-refractivity contribution in [2.45, 2.75) is 6.42 Å². The number of carbonyl (C=O) groups is 2. The van der Waals surface area contributed by atoms with Crippen LogP contribution >= 0.6 is 11.6 Å². The summed E-state index contributed by atoms with van der Waals surface area (Å²) in [6.45, 7) is 4.11. The molecule has 4 nitrogen and oxygen atoms in total. The van der Waals surface area contributed by atoms with Crippen LogP contribution < -0.4 is 4.90 Å². The first-order valence-electron chi connectivity index (χ1n) is 5.48. The van der Waals surface area contributed by atoms with E-state index < -0.39 is 5.97 Å². The molecule has 0 spiro atoms. The van der Waals surface area contributed by atoms with Crippen LogP contribution in [0.5, 0.6) is 0 Å². The Morgan fingerprint density at radius 2 is 2.28 bits per heavy atom. The van der Waals surface area contributed by atoms with Gasteiger partial charge in [-0.25, -0.2) is 4.79 Å². The molecule has 0 aromatic heterocycles. The Hall–Kier alpha value is -1.81. The number of amides is 1. The lowest BCUT2D eigenvalue weighted by Gasteiger charge is -2.18. The van der Waals surface area contributed by atoms with Crippen molar-refractivity contribution in [3.63, 3.8) is 0 Å². The number of carboxylic acids is 1. The monoisotopic (exact) mass is 265 g/mol. The lowest BCUT2D eigenvalue weighted by Crippen LogP contribution is -2.26. The molecule has 0 radical (unpaired) electrons. The maximum absolute atomic E-state index is 11.9. The van der Waals surface area contributed by atoms with Gasteiger partial charge in [-0.1, -0.05) is 17.7 Å². The number of hydrogen-bond donors (Lipinski definition) is 1. The Labute approximate surface area is 109 Å². The average molecular weight is 266 g/mol. The van der Waals surface area contributed by atoms with Crippen molar-refractivity contribution in [3.05, 3.63) is 41.4 Å². The molecule has 1 aliphatic rings. The highest BCUT2D eigenvalue weighted by atomic mass is 35.5. The molecule has 0 saturated carbocycles. The SMILES string of the molecule is C=CC1CC(=O)N(c2cc(Cl)ccc2C(=O)O)C1. The van der Waals surface area contributed by atoms with Crippen LogP contribution in [0.25, 0.3) is 0 Å². The van der Waals surface area contributed by atoms with Crippen molar-refractivity contribution in [2.75, 3.05) is 11.4 Å². The van der Waals surface area contributed by atoms with Gasteiger partial charge >= 0.3 is 5.97 Å². The van der Waals surface area contributed by atoms with Crippen molar-refractivity contribution < 1.29 is 14.7 Å². The lowest BCUT2D eigenvalue weighted by atomic mass is 10.1. The molecule has 5 heteroatoms. The summed E-state index contributed by atoms with van der Waals surface area (Å²) in [5, 5.41) is 9.53. The molecule has 0 bridgehead atoms. The molecule has 1 heterocycles. The number of aromatic carboxylic acids is 1. The highest BCUT2D eigenvalue weighted by Gasteiger charge is 2.31. The zero-order valence-electron chi connectivity index (χ0n) is 9.60. The van der Waals surface area contributed by atoms with E-state index in [0.717, 1.165) is 0 Å². The molecule has 18 heavy (non-hydrogen) atoms. The van der Waals surface area contributed by atoms with Crippen LogP contribution in [0.3, 0.4) is 0 Å². The molecular weight excluding hydrogens is 254 g/mol. The first-order valence-corrected chi connectivity index (χ1v) is 5.86. The van der Waals surface area contributed by atoms with Crippen molar-refractivity contribution in [1.82, 2.24) is 0 Å². The van der Waals surface area contributed by atoms with E-state index >= 15 is 0 Å². The largest absolute Gasteiger partial charge is 0.478 e. The van der Waals surface area contributed by atoms with Gasteiger partial charge in [0.25, 0.3) is 0 Å². The molecule has 1 saturated heterocycles. The minimum atomic E-state index is -1.07. The minimum absolute atomic E-state index is 0.0538. The second-order valence-electron chi connectivity index (χ2n) is 4.17. The standard InChI is InChI=1S/C13H12ClNO3/c1-2-8-5-12(16)15(7-8)11-6-9(14)3-4-10(11)13(17)18/h2-4,6,8H,1,5,7H2,(H,17,18). The van der Waals surface area contributed by atoms with Gasteiger partial charge in [-0.2, -0.15) is 0 Å². The maximum Gasteiger partial charge on any atom is 0.337 e. The number of rotatable bonds is 3. The minimum Gasteiger partial charge on any atom is -0.478 e. The van der Waals surface area contributed by atoms with E-state index in [2.05, 4.69) is 6.58 Å². The average Bonchev–Trinajstić information content (AvgIpc) is 2.70. The third-order valence-corrected chi connectivity index (χ3v) is 3.20. The smallest absolute Gasteiger partial charge is 0.337 e. The highest BCUT2D eigenvalue weighted by molar-refractivity contribution is 6.31. The molecule has 1 aliphatic heterocycles. The second kappa shape index (κ2) is 4.82. The summed E-state index contributed by atoms with van der Waals surface area (Å²) in [7, 11) is 0. The number of halogens is 1. The summed E-state index contributed by atoms with van der Waals surface area (Å²) in [5.74, 6) is -1.13. The Morgan fingerprint density at radius 3 is 2.83 bits per heavy atom. The summed E-state index contributed by atoms with van der Waals surface area (Å²) in [5.41, 5.74) is 0.432. The van der Waals surface area contributed by atoms with Gasteiger partial charge in [0.05, 0.1) is 11.3 Å². The van der Waals surface area contributed by atoms with Crippen LogP contribution in [0, 0.1) is 5.92 Å². The zero-order valence-corrected chi connectivity index (χ0v) is 10.4. The Balaban J connectivity index is 2.44. The molecule has 1 fully saturated rings. The molecule has 1 amide bonds. The van der Waals surface area contributed by atoms with Crippen LogP contribution in [0.1, 0.15) is 16.8 Å². The van der Waals surface area contributed by atoms with E-state index in [0.29, 0.717) is 23.7 Å². The van der Waals surface area contributed by atoms with Crippen LogP contribution in [-0.2, 0) is 4.79 Å². The number of nitrogens with zero attached hydrogens (tertiary/aromatic N) is 1. The van der Waals surface area contributed by atoms with E-state index in [1.165, 1.54) is 23.1 Å². The first-order chi connectivity index (χ1) is 8.52. The van der Waals surface area contributed by atoms with E-state index in [4.69, 9.17) is 16.7 Å². The summed E-state index contributed by atoms with van der Waals surface area (Å²) >= 11 is 5.87. The van der Waals surface area contributed by atoms with E-state index in [-0.39, 0.29) is 17.4 Å². The first kappa shape index (κ1) is 12.6. The fourth-order valence-corrected chi connectivity index (χ4v) is 2.20. The van der Waals surface area contributed by atoms with Gasteiger partial charge in [-0.15, -0.1) is 6.58 Å². The van der Waals surface area contributed by atoms with Gasteiger partial charge < -0.3 is 10.0 Å². The van der Waals surface area contributed by atoms with Crippen molar-refractivity contribution in [1.29, 1.82) is 0 Å². The number of benzene rings is 1. The third-order valence-electron chi connectivity index (χ3n) is 2.97. The number of hydrogen-bond acceptors (Lipinski definition) is 2. The normalized spacial score (nSPS) is 19.1. The third kappa shape index (κ3) is 2.24. The predicted octanol–water partition coefficient (Wildman–Crippen LogP) is 2.58. The van der Waals surface area contributed by atoms with E-state index in [1.807, 2.05) is 0 Å². The van der Waals surface area contributed by atoms with Gasteiger partial charge in [0, 0.05) is 23.9 Å². The highest BCUT2D eigenvalue weighted by Crippen LogP contribution is 2.30. The van der Waals surface area contributed by atoms with Crippen LogP contribution in [-0.4, -0.2) is 23.5 Å². The zero-order chi connectivity index (χ0) is 13.3. The van der Waals surface area contributed by atoms with Crippen molar-refractivity contribution in [2.24, 2.45) is 5.92 Å². The Morgan fingerprint density at radius 1 is 1.56 bits per heavy atom. The van der Waals surface area contributed by atoms with E-state index in [1.54, 1.807) is 6.08 Å². The molecule has 1 atom stereocenters. The molecular formula is C13H12ClNO3. The van der Waals surface area contributed by atoms with Gasteiger partial charge in [0.2, 0.25) is 5.91 Å². The Kier molecular flexibility index (Phi) is 3.39. The summed E-state index contributed by atoms with van der Waals surface area (Å²) in [6.07, 6.45) is 2.07. The lowest BCUT2D eigenvalue weighted by molar-refractivity contribution is -0.117. The van der Waals surface area contributed by atoms with Crippen LogP contribution in [0.2, 0.25) is 5.02 Å². The maximum atomic E-state index is 11.9. The van der Waals surface area contributed by atoms with Gasteiger partial charge in [0.15, 0.2) is 0 Å². The molecule has 1 aromatic carbocycles. The number of carbonyl (C=O) groups excluding carboxylic acids is 1. The van der Waals surface area contributed by atoms with Crippen LogP contribution in [0.15, 0.2) is 30.9 Å². The molecule has 1 aromatic rings. The summed E-state index contributed by atoms with van der Waals surface area (Å²) in [4.78, 5) is 24.5. The molecule has 94 valence electrons. The molecule has 1 unspecified atom stereocenters. The van der Waals surface area contributed by atoms with Gasteiger partial charge in [0.1, 0.15) is 0 Å². The fourth-order valence-electron chi connectivity index (χ4n) is 2.03. The Bertz CT molecular complexity index is 527. The summed E-state index contributed by atoms with van der Waals surface area (Å²) in [6, 6.07) is 4.42. The quantitative estimate of drug-likeness (QED) is 0.855.